The Labute approximate surface area is 161 Å². The smallest absolute Gasteiger partial charge is 0.526 e. The van der Waals surface area contributed by atoms with Crippen LogP contribution >= 0.6 is 0 Å². The molecule has 1 aromatic carbocycles. The molecule has 5 N–H and O–H groups in total. The Hall–Kier alpha value is -2.30. The van der Waals surface area contributed by atoms with Crippen molar-refractivity contribution in [1.82, 2.24) is 10.2 Å². The van der Waals surface area contributed by atoms with Crippen LogP contribution < -0.4 is 20.4 Å². The number of nitrogens with one attached hydrogen (secondary N) is 1. The van der Waals surface area contributed by atoms with E-state index in [1.54, 1.807) is 6.07 Å². The summed E-state index contributed by atoms with van der Waals surface area (Å²) in [6.45, 7) is 2.01. The largest absolute Gasteiger partial charge is 0.535 e. The number of likely N-dealkylation sites (tertiary alicyclic amines) is 1. The molecule has 0 aromatic heterocycles. The number of rotatable bonds is 5. The number of carbonyl (C=O) groups excluding carboxylic acids is 1. The minimum absolute atomic E-state index is 0.0170. The van der Waals surface area contributed by atoms with Gasteiger partial charge in [0.25, 0.3) is 0 Å². The molecule has 2 saturated heterocycles. The molecule has 9 nitrogen and oxygen atoms in total. The number of aromatic carboxylic acids is 1. The molecule has 28 heavy (non-hydrogen) atoms. The lowest BCUT2D eigenvalue weighted by Crippen LogP contribution is -2.58. The number of fused-ring (bicyclic) bond motifs is 3. The molecule has 0 spiro atoms. The number of primary amides is 1. The van der Waals surface area contributed by atoms with Crippen LogP contribution in [-0.2, 0) is 4.79 Å². The first-order valence-corrected chi connectivity index (χ1v) is 9.60. The first-order valence-electron chi connectivity index (χ1n) is 9.60. The number of hydrogen-bond donors (Lipinski definition) is 4. The molecule has 3 aliphatic heterocycles. The first-order chi connectivity index (χ1) is 13.4. The second-order valence-electron chi connectivity index (χ2n) is 8.12. The van der Waals surface area contributed by atoms with Crippen molar-refractivity contribution in [3.8, 4) is 11.5 Å². The zero-order chi connectivity index (χ0) is 19.6. The number of ether oxygens (including phenoxy) is 1. The van der Waals surface area contributed by atoms with E-state index in [-0.39, 0.29) is 52.9 Å². The normalized spacial score (nSPS) is 31.4. The zero-order valence-corrected chi connectivity index (χ0v) is 15.2. The van der Waals surface area contributed by atoms with Crippen LogP contribution in [0.3, 0.4) is 0 Å². The fourth-order valence-electron chi connectivity index (χ4n) is 4.63. The lowest BCUT2D eigenvalue weighted by Gasteiger charge is -2.42. The molecule has 1 aliphatic carbocycles. The highest BCUT2D eigenvalue weighted by Crippen LogP contribution is 2.60. The number of carbonyl (C=O) groups is 2. The van der Waals surface area contributed by atoms with Gasteiger partial charge in [-0.15, -0.1) is 0 Å². The van der Waals surface area contributed by atoms with Crippen LogP contribution in [0.2, 0.25) is 5.82 Å². The molecule has 3 heterocycles. The first kappa shape index (κ1) is 17.8. The predicted octanol–water partition coefficient (Wildman–Crippen LogP) is -0.606. The standard InChI is InChI=1S/C18H22BN3O6/c20-17(23)13-3-8(5-21-13)22-6-9(7-22)27-14-2-1-10-11-4-12(11)19(26)28-16(10)15(14)18(24)25/h1-2,8-9,11-13,21,26H,3-7H2,(H2,20,23)(H,24,25)/t8-,11-,12-,13+/m0/s1. The summed E-state index contributed by atoms with van der Waals surface area (Å²) in [4.78, 5) is 25.4. The number of nitrogens with two attached hydrogens (primary N) is 1. The maximum Gasteiger partial charge on any atom is 0.526 e. The van der Waals surface area contributed by atoms with Gasteiger partial charge in [-0.05, 0) is 30.4 Å². The third-order valence-corrected chi connectivity index (χ3v) is 6.35. The molecule has 1 amide bonds. The Bertz CT molecular complexity index is 845. The van der Waals surface area contributed by atoms with Gasteiger partial charge in [0.05, 0.1) is 6.04 Å². The Morgan fingerprint density at radius 1 is 1.32 bits per heavy atom. The van der Waals surface area contributed by atoms with Crippen LogP contribution in [0.4, 0.5) is 0 Å². The van der Waals surface area contributed by atoms with Crippen molar-refractivity contribution >= 4 is 19.0 Å². The highest BCUT2D eigenvalue weighted by atomic mass is 16.5. The fourth-order valence-corrected chi connectivity index (χ4v) is 4.63. The molecule has 0 unspecified atom stereocenters. The van der Waals surface area contributed by atoms with E-state index in [0.29, 0.717) is 26.1 Å². The van der Waals surface area contributed by atoms with Gasteiger partial charge in [-0.25, -0.2) is 4.79 Å². The van der Waals surface area contributed by atoms with Crippen molar-refractivity contribution in [2.24, 2.45) is 5.73 Å². The van der Waals surface area contributed by atoms with Crippen molar-refractivity contribution in [1.29, 1.82) is 0 Å². The van der Waals surface area contributed by atoms with Gasteiger partial charge < -0.3 is 30.6 Å². The van der Waals surface area contributed by atoms with Crippen LogP contribution in [0.15, 0.2) is 12.1 Å². The summed E-state index contributed by atoms with van der Waals surface area (Å²) in [5.41, 5.74) is 6.16. The minimum atomic E-state index is -1.13. The fraction of sp³-hybridized carbons (Fsp3) is 0.556. The van der Waals surface area contributed by atoms with Gasteiger partial charge in [0, 0.05) is 31.5 Å². The van der Waals surface area contributed by atoms with Crippen molar-refractivity contribution < 1.29 is 29.1 Å². The van der Waals surface area contributed by atoms with E-state index >= 15 is 0 Å². The van der Waals surface area contributed by atoms with Crippen LogP contribution in [0.1, 0.15) is 34.7 Å². The molecule has 4 atom stereocenters. The Morgan fingerprint density at radius 2 is 2.11 bits per heavy atom. The van der Waals surface area contributed by atoms with Crippen LogP contribution in [0.25, 0.3) is 0 Å². The quantitative estimate of drug-likeness (QED) is 0.492. The second kappa shape index (κ2) is 6.36. The predicted molar refractivity (Wildman–Crippen MR) is 98.5 cm³/mol. The summed E-state index contributed by atoms with van der Waals surface area (Å²) in [6.07, 6.45) is 1.36. The molecule has 4 aliphatic rings. The Balaban J connectivity index is 1.28. The highest BCUT2D eigenvalue weighted by Gasteiger charge is 2.54. The number of carboxylic acid groups (broad SMARTS) is 1. The number of benzene rings is 1. The summed E-state index contributed by atoms with van der Waals surface area (Å²) in [5, 5.41) is 22.8. The zero-order valence-electron chi connectivity index (χ0n) is 15.2. The molecule has 0 bridgehead atoms. The minimum Gasteiger partial charge on any atom is -0.535 e. The van der Waals surface area contributed by atoms with E-state index < -0.39 is 13.1 Å². The third kappa shape index (κ3) is 2.83. The van der Waals surface area contributed by atoms with Crippen molar-refractivity contribution in [2.45, 2.75) is 42.8 Å². The molecular formula is C18H22BN3O6. The summed E-state index contributed by atoms with van der Waals surface area (Å²) in [5.74, 6) is -0.739. The molecule has 1 aromatic rings. The van der Waals surface area contributed by atoms with E-state index in [2.05, 4.69) is 10.2 Å². The van der Waals surface area contributed by atoms with Gasteiger partial charge in [-0.3, -0.25) is 9.69 Å². The molecule has 1 saturated carbocycles. The maximum absolute atomic E-state index is 11.9. The molecule has 3 fully saturated rings. The average molecular weight is 387 g/mol. The van der Waals surface area contributed by atoms with E-state index in [1.165, 1.54) is 0 Å². The summed E-state index contributed by atoms with van der Waals surface area (Å²) >= 11 is 0. The Morgan fingerprint density at radius 3 is 2.79 bits per heavy atom. The van der Waals surface area contributed by atoms with Gasteiger partial charge in [0.15, 0.2) is 0 Å². The van der Waals surface area contributed by atoms with Gasteiger partial charge in [-0.2, -0.15) is 0 Å². The number of nitrogens with zero attached hydrogens (tertiary/aromatic N) is 1. The molecule has 0 radical (unpaired) electrons. The van der Waals surface area contributed by atoms with Crippen LogP contribution in [-0.4, -0.2) is 71.8 Å². The van der Waals surface area contributed by atoms with E-state index in [9.17, 15) is 19.7 Å². The van der Waals surface area contributed by atoms with Crippen molar-refractivity contribution in [2.75, 3.05) is 19.6 Å². The van der Waals surface area contributed by atoms with Crippen LogP contribution in [0.5, 0.6) is 11.5 Å². The van der Waals surface area contributed by atoms with E-state index in [1.807, 2.05) is 6.07 Å². The third-order valence-electron chi connectivity index (χ3n) is 6.35. The molecule has 148 valence electrons. The monoisotopic (exact) mass is 387 g/mol. The van der Waals surface area contributed by atoms with Crippen molar-refractivity contribution in [3.05, 3.63) is 23.3 Å². The number of hydrogen-bond acceptors (Lipinski definition) is 7. The topological polar surface area (TPSA) is 134 Å². The molecule has 10 heteroatoms. The van der Waals surface area contributed by atoms with E-state index in [0.717, 1.165) is 12.0 Å². The van der Waals surface area contributed by atoms with E-state index in [4.69, 9.17) is 15.1 Å². The van der Waals surface area contributed by atoms with Gasteiger partial charge >= 0.3 is 13.1 Å². The summed E-state index contributed by atoms with van der Waals surface area (Å²) in [7, 11) is -0.960. The van der Waals surface area contributed by atoms with Gasteiger partial charge in [0.2, 0.25) is 5.91 Å². The number of amides is 1. The summed E-state index contributed by atoms with van der Waals surface area (Å²) < 4.78 is 11.5. The van der Waals surface area contributed by atoms with Gasteiger partial charge in [-0.1, -0.05) is 6.07 Å². The number of carboxylic acids is 1. The average Bonchev–Trinajstić information content (AvgIpc) is 3.27. The van der Waals surface area contributed by atoms with Crippen LogP contribution in [0, 0.1) is 0 Å². The maximum atomic E-state index is 11.9. The lowest BCUT2D eigenvalue weighted by molar-refractivity contribution is -0.119. The van der Waals surface area contributed by atoms with Gasteiger partial charge in [0.1, 0.15) is 23.2 Å². The second-order valence-corrected chi connectivity index (χ2v) is 8.12. The molecule has 5 rings (SSSR count). The molecular weight excluding hydrogens is 365 g/mol. The van der Waals surface area contributed by atoms with Crippen molar-refractivity contribution in [3.63, 3.8) is 0 Å². The summed E-state index contributed by atoms with van der Waals surface area (Å²) in [6, 6.07) is 3.48. The highest BCUT2D eigenvalue weighted by molar-refractivity contribution is 6.48. The Kier molecular flexibility index (Phi) is 4.04. The lowest BCUT2D eigenvalue weighted by atomic mass is 9.77. The SMILES string of the molecule is NC(=O)[C@H]1C[C@H](N2CC(Oc3ccc4c(c3C(=O)O)OB(O)[C@H]3C[C@@H]43)C2)CN1.